The van der Waals surface area contributed by atoms with Crippen LogP contribution in [0.2, 0.25) is 0 Å². The minimum Gasteiger partial charge on any atom is -0.357 e. The Balaban J connectivity index is 2.72. The molecule has 0 amide bonds. The molecule has 1 heterocycles. The zero-order valence-electron chi connectivity index (χ0n) is 13.4. The van der Waals surface area contributed by atoms with Gasteiger partial charge < -0.3 is 15.5 Å². The second-order valence-electron chi connectivity index (χ2n) is 5.17. The van der Waals surface area contributed by atoms with Gasteiger partial charge in [0.25, 0.3) is 0 Å². The Morgan fingerprint density at radius 2 is 1.70 bits per heavy atom. The van der Waals surface area contributed by atoms with Gasteiger partial charge in [-0.15, -0.1) is 0 Å². The molecule has 1 rings (SSSR count). The van der Waals surface area contributed by atoms with Crippen molar-refractivity contribution in [3.05, 3.63) is 0 Å². The number of hydrogen-bond donors (Lipinski definition) is 2. The lowest BCUT2D eigenvalue weighted by Gasteiger charge is -2.19. The van der Waals surface area contributed by atoms with Crippen molar-refractivity contribution >= 4 is 17.8 Å². The molecular formula is C14H28N6. The lowest BCUT2D eigenvalue weighted by Crippen LogP contribution is -2.25. The summed E-state index contributed by atoms with van der Waals surface area (Å²) in [5.74, 6) is 2.71. The summed E-state index contributed by atoms with van der Waals surface area (Å²) in [7, 11) is 1.82. The lowest BCUT2D eigenvalue weighted by atomic mass is 10.1. The van der Waals surface area contributed by atoms with Crippen LogP contribution in [-0.2, 0) is 0 Å². The van der Waals surface area contributed by atoms with E-state index in [1.165, 1.54) is 6.42 Å². The topological polar surface area (TPSA) is 66.0 Å². The number of nitrogens with one attached hydrogen (secondary N) is 2. The molecule has 1 aromatic rings. The Kier molecular flexibility index (Phi) is 7.04. The monoisotopic (exact) mass is 280 g/mol. The fourth-order valence-corrected chi connectivity index (χ4v) is 1.91. The van der Waals surface area contributed by atoms with Crippen molar-refractivity contribution < 1.29 is 0 Å². The second kappa shape index (κ2) is 8.55. The smallest absolute Gasteiger partial charge is 0.231 e. The van der Waals surface area contributed by atoms with Gasteiger partial charge in [0.1, 0.15) is 0 Å². The van der Waals surface area contributed by atoms with Crippen molar-refractivity contribution in [2.45, 2.75) is 40.5 Å². The first-order chi connectivity index (χ1) is 9.60. The highest BCUT2D eigenvalue weighted by molar-refractivity contribution is 5.43. The molecule has 0 saturated carbocycles. The van der Waals surface area contributed by atoms with Crippen molar-refractivity contribution in [1.29, 1.82) is 0 Å². The maximum atomic E-state index is 4.49. The van der Waals surface area contributed by atoms with Crippen molar-refractivity contribution in [2.24, 2.45) is 5.92 Å². The predicted molar refractivity (Wildman–Crippen MR) is 85.5 cm³/mol. The zero-order valence-corrected chi connectivity index (χ0v) is 13.4. The quantitative estimate of drug-likeness (QED) is 0.678. The lowest BCUT2D eigenvalue weighted by molar-refractivity contribution is 0.566. The molecule has 0 saturated heterocycles. The third-order valence-corrected chi connectivity index (χ3v) is 3.13. The highest BCUT2D eigenvalue weighted by Crippen LogP contribution is 2.13. The van der Waals surface area contributed by atoms with E-state index < -0.39 is 0 Å². The Labute approximate surface area is 122 Å². The fourth-order valence-electron chi connectivity index (χ4n) is 1.91. The number of hydrogen-bond acceptors (Lipinski definition) is 6. The molecule has 0 aliphatic rings. The molecule has 0 atom stereocenters. The maximum absolute atomic E-state index is 4.49. The predicted octanol–water partition coefficient (Wildman–Crippen LogP) is 2.61. The minimum atomic E-state index is 0.605. The first-order valence-electron chi connectivity index (χ1n) is 7.53. The van der Waals surface area contributed by atoms with Gasteiger partial charge in [-0.1, -0.05) is 13.8 Å². The molecule has 0 aliphatic carbocycles. The van der Waals surface area contributed by atoms with Crippen LogP contribution in [-0.4, -0.2) is 41.6 Å². The summed E-state index contributed by atoms with van der Waals surface area (Å²) in [5.41, 5.74) is 0. The summed E-state index contributed by atoms with van der Waals surface area (Å²) in [6.45, 7) is 11.3. The third-order valence-electron chi connectivity index (χ3n) is 3.13. The van der Waals surface area contributed by atoms with Crippen LogP contribution in [0.3, 0.4) is 0 Å². The van der Waals surface area contributed by atoms with Crippen LogP contribution in [0, 0.1) is 5.92 Å². The molecule has 6 nitrogen and oxygen atoms in total. The number of nitrogens with zero attached hydrogens (tertiary/aromatic N) is 4. The van der Waals surface area contributed by atoms with Crippen molar-refractivity contribution in [3.63, 3.8) is 0 Å². The third kappa shape index (κ3) is 5.19. The Bertz CT molecular complexity index is 389. The molecule has 20 heavy (non-hydrogen) atoms. The standard InChI is InChI=1S/C14H28N6/c1-6-20(7-2)14-18-12(15-5)17-13(19-14)16-10-8-9-11(3)4/h11H,6-10H2,1-5H3,(H2,15,16,17,18,19). The summed E-state index contributed by atoms with van der Waals surface area (Å²) < 4.78 is 0. The van der Waals surface area contributed by atoms with E-state index in [4.69, 9.17) is 0 Å². The van der Waals surface area contributed by atoms with E-state index in [0.29, 0.717) is 11.9 Å². The molecule has 0 aliphatic heterocycles. The normalized spacial score (nSPS) is 10.7. The summed E-state index contributed by atoms with van der Waals surface area (Å²) in [6, 6.07) is 0. The van der Waals surface area contributed by atoms with Crippen molar-refractivity contribution in [2.75, 3.05) is 42.2 Å². The van der Waals surface area contributed by atoms with Gasteiger partial charge in [0.05, 0.1) is 0 Å². The number of aromatic nitrogens is 3. The first-order valence-corrected chi connectivity index (χ1v) is 7.53. The number of anilines is 3. The van der Waals surface area contributed by atoms with Crippen LogP contribution < -0.4 is 15.5 Å². The Hall–Kier alpha value is -1.59. The van der Waals surface area contributed by atoms with Gasteiger partial charge >= 0.3 is 0 Å². The van der Waals surface area contributed by atoms with Crippen LogP contribution >= 0.6 is 0 Å². The van der Waals surface area contributed by atoms with Gasteiger partial charge in [0, 0.05) is 26.7 Å². The SMILES string of the molecule is CCN(CC)c1nc(NC)nc(NCCCC(C)C)n1. The molecule has 0 unspecified atom stereocenters. The van der Waals surface area contributed by atoms with E-state index in [2.05, 4.69) is 58.2 Å². The highest BCUT2D eigenvalue weighted by Gasteiger charge is 2.10. The average Bonchev–Trinajstić information content (AvgIpc) is 2.44. The van der Waals surface area contributed by atoms with Crippen LogP contribution in [0.5, 0.6) is 0 Å². The molecular weight excluding hydrogens is 252 g/mol. The van der Waals surface area contributed by atoms with Crippen LogP contribution in [0.25, 0.3) is 0 Å². The van der Waals surface area contributed by atoms with Gasteiger partial charge in [-0.3, -0.25) is 0 Å². The molecule has 2 N–H and O–H groups in total. The van der Waals surface area contributed by atoms with Crippen LogP contribution in [0.15, 0.2) is 0 Å². The summed E-state index contributed by atoms with van der Waals surface area (Å²) in [6.07, 6.45) is 2.33. The minimum absolute atomic E-state index is 0.605. The van der Waals surface area contributed by atoms with E-state index in [1.54, 1.807) is 0 Å². The highest BCUT2D eigenvalue weighted by atomic mass is 15.3. The van der Waals surface area contributed by atoms with Gasteiger partial charge in [-0.25, -0.2) is 0 Å². The largest absolute Gasteiger partial charge is 0.357 e. The van der Waals surface area contributed by atoms with Gasteiger partial charge in [0.2, 0.25) is 17.8 Å². The fraction of sp³-hybridized carbons (Fsp3) is 0.786. The van der Waals surface area contributed by atoms with E-state index in [-0.39, 0.29) is 0 Å². The molecule has 114 valence electrons. The number of rotatable bonds is 9. The first kappa shape index (κ1) is 16.5. The van der Waals surface area contributed by atoms with Gasteiger partial charge in [0.15, 0.2) is 0 Å². The van der Waals surface area contributed by atoms with E-state index in [1.807, 2.05) is 7.05 Å². The Morgan fingerprint density at radius 3 is 2.25 bits per heavy atom. The van der Waals surface area contributed by atoms with Crippen LogP contribution in [0.1, 0.15) is 40.5 Å². The molecule has 0 radical (unpaired) electrons. The van der Waals surface area contributed by atoms with E-state index in [9.17, 15) is 0 Å². The molecule has 1 aromatic heterocycles. The van der Waals surface area contributed by atoms with Crippen molar-refractivity contribution in [3.8, 4) is 0 Å². The van der Waals surface area contributed by atoms with E-state index >= 15 is 0 Å². The molecule has 0 spiro atoms. The Morgan fingerprint density at radius 1 is 1.05 bits per heavy atom. The summed E-state index contributed by atoms with van der Waals surface area (Å²) in [5, 5.41) is 6.28. The molecule has 6 heteroatoms. The molecule has 0 aromatic carbocycles. The van der Waals surface area contributed by atoms with Gasteiger partial charge in [-0.05, 0) is 32.6 Å². The van der Waals surface area contributed by atoms with Crippen LogP contribution in [0.4, 0.5) is 17.8 Å². The molecule has 0 bridgehead atoms. The molecule has 0 fully saturated rings. The second-order valence-corrected chi connectivity index (χ2v) is 5.17. The maximum Gasteiger partial charge on any atom is 0.231 e. The zero-order chi connectivity index (χ0) is 15.0. The van der Waals surface area contributed by atoms with Gasteiger partial charge in [-0.2, -0.15) is 15.0 Å². The van der Waals surface area contributed by atoms with Crippen molar-refractivity contribution in [1.82, 2.24) is 15.0 Å². The average molecular weight is 280 g/mol. The summed E-state index contributed by atoms with van der Waals surface area (Å²) >= 11 is 0. The van der Waals surface area contributed by atoms with E-state index in [0.717, 1.165) is 37.9 Å². The summed E-state index contributed by atoms with van der Waals surface area (Å²) in [4.78, 5) is 15.4.